The number of aromatic nitrogens is 2. The van der Waals surface area contributed by atoms with Crippen molar-refractivity contribution < 1.29 is 0 Å². The number of fused-ring (bicyclic) bond motifs is 1. The molecule has 1 aliphatic carbocycles. The van der Waals surface area contributed by atoms with Crippen molar-refractivity contribution in [3.63, 3.8) is 0 Å². The average Bonchev–Trinajstić information content (AvgIpc) is 2.69. The summed E-state index contributed by atoms with van der Waals surface area (Å²) >= 11 is 0. The van der Waals surface area contributed by atoms with Crippen molar-refractivity contribution in [2.75, 3.05) is 6.54 Å². The van der Waals surface area contributed by atoms with Gasteiger partial charge in [-0.2, -0.15) is 0 Å². The Labute approximate surface area is 104 Å². The van der Waals surface area contributed by atoms with E-state index in [1.165, 1.54) is 30.7 Å². The van der Waals surface area contributed by atoms with Crippen molar-refractivity contribution in [1.82, 2.24) is 15.3 Å². The molecule has 17 heavy (non-hydrogen) atoms. The number of aromatic amines is 1. The molecule has 0 saturated carbocycles. The van der Waals surface area contributed by atoms with Crippen LogP contribution in [0.2, 0.25) is 0 Å². The van der Waals surface area contributed by atoms with Crippen LogP contribution in [0.15, 0.2) is 0 Å². The molecule has 0 fully saturated rings. The molecule has 1 aromatic rings. The number of nitrogens with zero attached hydrogens (tertiary/aromatic N) is 1. The summed E-state index contributed by atoms with van der Waals surface area (Å²) in [7, 11) is 0. The van der Waals surface area contributed by atoms with Gasteiger partial charge in [0.2, 0.25) is 0 Å². The molecule has 1 heterocycles. The molecule has 96 valence electrons. The number of aryl methyl sites for hydroxylation is 1. The Bertz CT molecular complexity index is 354. The molecule has 0 amide bonds. The fraction of sp³-hybridized carbons (Fsp3) is 0.786. The Hall–Kier alpha value is -0.830. The lowest BCUT2D eigenvalue weighted by Gasteiger charge is -2.19. The van der Waals surface area contributed by atoms with Crippen molar-refractivity contribution in [3.05, 3.63) is 17.2 Å². The molecule has 1 unspecified atom stereocenters. The summed E-state index contributed by atoms with van der Waals surface area (Å²) in [4.78, 5) is 8.20. The van der Waals surface area contributed by atoms with Gasteiger partial charge in [0.25, 0.3) is 0 Å². The summed E-state index contributed by atoms with van der Waals surface area (Å²) in [5.74, 6) is 2.68. The third-order valence-corrected chi connectivity index (χ3v) is 3.62. The van der Waals surface area contributed by atoms with Gasteiger partial charge in [-0.05, 0) is 37.6 Å². The first kappa shape index (κ1) is 12.6. The van der Waals surface area contributed by atoms with Gasteiger partial charge in [0.1, 0.15) is 5.82 Å². The van der Waals surface area contributed by atoms with E-state index in [4.69, 9.17) is 4.98 Å². The Morgan fingerprint density at radius 3 is 3.00 bits per heavy atom. The van der Waals surface area contributed by atoms with E-state index < -0.39 is 0 Å². The van der Waals surface area contributed by atoms with Crippen LogP contribution >= 0.6 is 0 Å². The first-order chi connectivity index (χ1) is 8.19. The second-order valence-electron chi connectivity index (χ2n) is 5.65. The normalized spacial score (nSPS) is 19.6. The van der Waals surface area contributed by atoms with Crippen LogP contribution in [-0.2, 0) is 19.4 Å². The van der Waals surface area contributed by atoms with Crippen LogP contribution in [0.5, 0.6) is 0 Å². The summed E-state index contributed by atoms with van der Waals surface area (Å²) in [6.07, 6.45) is 4.96. The molecule has 0 aliphatic heterocycles. The van der Waals surface area contributed by atoms with E-state index in [9.17, 15) is 0 Å². The lowest BCUT2D eigenvalue weighted by Crippen LogP contribution is -2.19. The maximum Gasteiger partial charge on any atom is 0.120 e. The van der Waals surface area contributed by atoms with E-state index in [2.05, 4.69) is 31.1 Å². The second kappa shape index (κ2) is 5.67. The minimum absolute atomic E-state index is 0.698. The molecule has 1 atom stereocenters. The van der Waals surface area contributed by atoms with Gasteiger partial charge in [0.05, 0.1) is 12.2 Å². The molecule has 0 spiro atoms. The molecule has 1 aromatic heterocycles. The van der Waals surface area contributed by atoms with Crippen LogP contribution in [-0.4, -0.2) is 16.5 Å². The average molecular weight is 235 g/mol. The summed E-state index contributed by atoms with van der Waals surface area (Å²) in [5.41, 5.74) is 2.71. The Balaban J connectivity index is 1.91. The molecule has 3 nitrogen and oxygen atoms in total. The highest BCUT2D eigenvalue weighted by Gasteiger charge is 2.20. The summed E-state index contributed by atoms with van der Waals surface area (Å²) in [6, 6.07) is 0. The lowest BCUT2D eigenvalue weighted by molar-refractivity contribution is 0.438. The highest BCUT2D eigenvalue weighted by Crippen LogP contribution is 2.25. The number of rotatable bonds is 5. The van der Waals surface area contributed by atoms with Crippen LogP contribution in [0, 0.1) is 11.8 Å². The lowest BCUT2D eigenvalue weighted by atomic mass is 9.88. The van der Waals surface area contributed by atoms with Crippen molar-refractivity contribution in [1.29, 1.82) is 0 Å². The quantitative estimate of drug-likeness (QED) is 0.824. The Morgan fingerprint density at radius 1 is 1.47 bits per heavy atom. The van der Waals surface area contributed by atoms with E-state index >= 15 is 0 Å². The molecular formula is C14H25N3. The molecule has 0 saturated heterocycles. The van der Waals surface area contributed by atoms with E-state index in [0.29, 0.717) is 5.92 Å². The van der Waals surface area contributed by atoms with Gasteiger partial charge in [-0.25, -0.2) is 4.98 Å². The van der Waals surface area contributed by atoms with Crippen molar-refractivity contribution >= 4 is 0 Å². The summed E-state index contributed by atoms with van der Waals surface area (Å²) in [5, 5.41) is 3.44. The van der Waals surface area contributed by atoms with E-state index in [1.807, 2.05) is 0 Å². The molecule has 0 radical (unpaired) electrons. The fourth-order valence-electron chi connectivity index (χ4n) is 2.52. The molecule has 2 N–H and O–H groups in total. The SMILES string of the molecule is CCC1CCc2nc(CNCC(C)C)[nH]c2C1. The molecular weight excluding hydrogens is 210 g/mol. The van der Waals surface area contributed by atoms with Crippen LogP contribution in [0.25, 0.3) is 0 Å². The molecule has 0 bridgehead atoms. The third kappa shape index (κ3) is 3.32. The Kier molecular flexibility index (Phi) is 4.21. The Morgan fingerprint density at radius 2 is 2.29 bits per heavy atom. The monoisotopic (exact) mass is 235 g/mol. The van der Waals surface area contributed by atoms with Gasteiger partial charge < -0.3 is 10.3 Å². The van der Waals surface area contributed by atoms with Crippen LogP contribution in [0.1, 0.15) is 50.8 Å². The van der Waals surface area contributed by atoms with Crippen molar-refractivity contribution in [3.8, 4) is 0 Å². The zero-order valence-corrected chi connectivity index (χ0v) is 11.3. The van der Waals surface area contributed by atoms with Gasteiger partial charge in [-0.3, -0.25) is 0 Å². The van der Waals surface area contributed by atoms with E-state index in [0.717, 1.165) is 31.3 Å². The predicted molar refractivity (Wildman–Crippen MR) is 70.9 cm³/mol. The molecule has 1 aliphatic rings. The first-order valence-electron chi connectivity index (χ1n) is 6.96. The number of nitrogens with one attached hydrogen (secondary N) is 2. The number of H-pyrrole nitrogens is 1. The van der Waals surface area contributed by atoms with Crippen LogP contribution in [0.3, 0.4) is 0 Å². The predicted octanol–water partition coefficient (Wildman–Crippen LogP) is 2.67. The fourth-order valence-corrected chi connectivity index (χ4v) is 2.52. The van der Waals surface area contributed by atoms with Crippen molar-refractivity contribution in [2.24, 2.45) is 11.8 Å². The van der Waals surface area contributed by atoms with Gasteiger partial charge in [0, 0.05) is 5.69 Å². The maximum absolute atomic E-state index is 4.70. The highest BCUT2D eigenvalue weighted by atomic mass is 15.0. The van der Waals surface area contributed by atoms with Crippen LogP contribution in [0.4, 0.5) is 0 Å². The van der Waals surface area contributed by atoms with Gasteiger partial charge >= 0.3 is 0 Å². The minimum atomic E-state index is 0.698. The molecule has 2 rings (SSSR count). The van der Waals surface area contributed by atoms with Gasteiger partial charge in [-0.15, -0.1) is 0 Å². The standard InChI is InChI=1S/C14H25N3/c1-4-11-5-6-12-13(7-11)17-14(16-12)9-15-8-10(2)3/h10-11,15H,4-9H2,1-3H3,(H,16,17). The highest BCUT2D eigenvalue weighted by molar-refractivity contribution is 5.18. The topological polar surface area (TPSA) is 40.7 Å². The third-order valence-electron chi connectivity index (χ3n) is 3.62. The van der Waals surface area contributed by atoms with Crippen LogP contribution < -0.4 is 5.32 Å². The van der Waals surface area contributed by atoms with Gasteiger partial charge in [0.15, 0.2) is 0 Å². The number of hydrogen-bond acceptors (Lipinski definition) is 2. The summed E-state index contributed by atoms with van der Waals surface area (Å²) in [6.45, 7) is 8.68. The summed E-state index contributed by atoms with van der Waals surface area (Å²) < 4.78 is 0. The molecule has 0 aromatic carbocycles. The van der Waals surface area contributed by atoms with Gasteiger partial charge in [-0.1, -0.05) is 27.2 Å². The number of imidazole rings is 1. The first-order valence-corrected chi connectivity index (χ1v) is 6.96. The number of hydrogen-bond donors (Lipinski definition) is 2. The molecule has 3 heteroatoms. The second-order valence-corrected chi connectivity index (χ2v) is 5.65. The minimum Gasteiger partial charge on any atom is -0.345 e. The van der Waals surface area contributed by atoms with Crippen molar-refractivity contribution in [2.45, 2.75) is 53.0 Å². The van der Waals surface area contributed by atoms with E-state index in [1.54, 1.807) is 0 Å². The smallest absolute Gasteiger partial charge is 0.120 e. The zero-order valence-electron chi connectivity index (χ0n) is 11.3. The van der Waals surface area contributed by atoms with E-state index in [-0.39, 0.29) is 0 Å². The zero-order chi connectivity index (χ0) is 12.3. The maximum atomic E-state index is 4.70. The largest absolute Gasteiger partial charge is 0.345 e.